The van der Waals surface area contributed by atoms with E-state index in [0.29, 0.717) is 6.04 Å². The van der Waals surface area contributed by atoms with Gasteiger partial charge in [-0.15, -0.1) is 0 Å². The van der Waals surface area contributed by atoms with Gasteiger partial charge in [-0.3, -0.25) is 9.67 Å². The molecule has 76 valence electrons. The number of aliphatic imine (C=N–C) groups is 1. The zero-order valence-electron chi connectivity index (χ0n) is 9.28. The molecule has 0 amide bonds. The topological polar surface area (TPSA) is 30.2 Å². The van der Waals surface area contributed by atoms with Crippen LogP contribution in [0.4, 0.5) is 5.69 Å². The van der Waals surface area contributed by atoms with E-state index in [0.717, 1.165) is 17.1 Å². The molecule has 0 saturated carbocycles. The third kappa shape index (κ3) is 2.10. The summed E-state index contributed by atoms with van der Waals surface area (Å²) >= 11 is 0. The van der Waals surface area contributed by atoms with Gasteiger partial charge in [-0.05, 0) is 33.8 Å². The van der Waals surface area contributed by atoms with Crippen LogP contribution in [0.15, 0.2) is 17.8 Å². The SMILES string of the molecule is C=Cc1c(N=C(C)C)cnn1C(C)C. The summed E-state index contributed by atoms with van der Waals surface area (Å²) in [5.74, 6) is 0. The highest BCUT2D eigenvalue weighted by molar-refractivity contribution is 5.83. The van der Waals surface area contributed by atoms with E-state index in [1.165, 1.54) is 0 Å². The van der Waals surface area contributed by atoms with Gasteiger partial charge in [0, 0.05) is 11.8 Å². The monoisotopic (exact) mass is 191 g/mol. The van der Waals surface area contributed by atoms with Crippen molar-refractivity contribution in [2.75, 3.05) is 0 Å². The average Bonchev–Trinajstić information content (AvgIpc) is 2.46. The van der Waals surface area contributed by atoms with Gasteiger partial charge in [-0.1, -0.05) is 6.58 Å². The first-order valence-corrected chi connectivity index (χ1v) is 4.78. The molecule has 1 rings (SSSR count). The van der Waals surface area contributed by atoms with Gasteiger partial charge < -0.3 is 0 Å². The van der Waals surface area contributed by atoms with Gasteiger partial charge in [0.2, 0.25) is 0 Å². The molecule has 0 aliphatic carbocycles. The molecule has 0 N–H and O–H groups in total. The van der Waals surface area contributed by atoms with Gasteiger partial charge in [0.25, 0.3) is 0 Å². The molecule has 0 radical (unpaired) electrons. The summed E-state index contributed by atoms with van der Waals surface area (Å²) in [4.78, 5) is 4.40. The molecule has 0 aromatic carbocycles. The molecule has 0 aliphatic heterocycles. The van der Waals surface area contributed by atoms with E-state index >= 15 is 0 Å². The van der Waals surface area contributed by atoms with Crippen LogP contribution in [0.3, 0.4) is 0 Å². The van der Waals surface area contributed by atoms with E-state index < -0.39 is 0 Å². The molecule has 1 aromatic heterocycles. The van der Waals surface area contributed by atoms with E-state index in [2.05, 4.69) is 30.5 Å². The Balaban J connectivity index is 3.20. The summed E-state index contributed by atoms with van der Waals surface area (Å²) in [6.07, 6.45) is 3.58. The number of hydrogen-bond donors (Lipinski definition) is 0. The zero-order valence-corrected chi connectivity index (χ0v) is 9.28. The van der Waals surface area contributed by atoms with E-state index in [9.17, 15) is 0 Å². The van der Waals surface area contributed by atoms with Crippen LogP contribution in [0, 0.1) is 0 Å². The normalized spacial score (nSPS) is 10.4. The third-order valence-corrected chi connectivity index (χ3v) is 1.84. The van der Waals surface area contributed by atoms with Gasteiger partial charge in [0.05, 0.1) is 11.9 Å². The van der Waals surface area contributed by atoms with Gasteiger partial charge in [0.1, 0.15) is 5.69 Å². The molecule has 1 heterocycles. The molecular weight excluding hydrogens is 174 g/mol. The van der Waals surface area contributed by atoms with Crippen LogP contribution in [-0.2, 0) is 0 Å². The Hall–Kier alpha value is -1.38. The van der Waals surface area contributed by atoms with Crippen LogP contribution in [-0.4, -0.2) is 15.5 Å². The summed E-state index contributed by atoms with van der Waals surface area (Å²) in [5.41, 5.74) is 2.91. The molecule has 3 heteroatoms. The first-order chi connectivity index (χ1) is 6.56. The molecular formula is C11H17N3. The maximum Gasteiger partial charge on any atom is 0.108 e. The molecule has 14 heavy (non-hydrogen) atoms. The minimum Gasteiger partial charge on any atom is -0.261 e. The minimum atomic E-state index is 0.337. The predicted octanol–water partition coefficient (Wildman–Crippen LogP) is 3.22. The van der Waals surface area contributed by atoms with Crippen molar-refractivity contribution in [3.05, 3.63) is 18.5 Å². The molecule has 0 unspecified atom stereocenters. The molecule has 1 aromatic rings. The Morgan fingerprint density at radius 1 is 1.57 bits per heavy atom. The fourth-order valence-corrected chi connectivity index (χ4v) is 1.30. The van der Waals surface area contributed by atoms with Crippen molar-refractivity contribution in [3.63, 3.8) is 0 Å². The van der Waals surface area contributed by atoms with Crippen LogP contribution in [0.1, 0.15) is 39.4 Å². The van der Waals surface area contributed by atoms with Crippen molar-refractivity contribution in [1.29, 1.82) is 0 Å². The van der Waals surface area contributed by atoms with Gasteiger partial charge in [-0.25, -0.2) is 0 Å². The largest absolute Gasteiger partial charge is 0.261 e. The summed E-state index contributed by atoms with van der Waals surface area (Å²) in [5, 5.41) is 4.28. The summed E-state index contributed by atoms with van der Waals surface area (Å²) < 4.78 is 1.93. The average molecular weight is 191 g/mol. The molecule has 0 fully saturated rings. The predicted molar refractivity (Wildman–Crippen MR) is 61.1 cm³/mol. The van der Waals surface area contributed by atoms with Crippen molar-refractivity contribution in [2.24, 2.45) is 4.99 Å². The fourth-order valence-electron chi connectivity index (χ4n) is 1.30. The summed E-state index contributed by atoms with van der Waals surface area (Å²) in [6, 6.07) is 0.337. The van der Waals surface area contributed by atoms with Gasteiger partial charge in [-0.2, -0.15) is 5.10 Å². The van der Waals surface area contributed by atoms with Crippen molar-refractivity contribution in [2.45, 2.75) is 33.7 Å². The Kier molecular flexibility index (Phi) is 3.23. The lowest BCUT2D eigenvalue weighted by Gasteiger charge is -2.07. The fraction of sp³-hybridized carbons (Fsp3) is 0.455. The van der Waals surface area contributed by atoms with Crippen LogP contribution >= 0.6 is 0 Å². The first kappa shape index (κ1) is 10.7. The van der Waals surface area contributed by atoms with Crippen LogP contribution in [0.25, 0.3) is 6.08 Å². The van der Waals surface area contributed by atoms with Crippen LogP contribution < -0.4 is 0 Å². The first-order valence-electron chi connectivity index (χ1n) is 4.78. The minimum absolute atomic E-state index is 0.337. The third-order valence-electron chi connectivity index (χ3n) is 1.84. The van der Waals surface area contributed by atoms with Crippen molar-refractivity contribution in [1.82, 2.24) is 9.78 Å². The molecule has 0 spiro atoms. The van der Waals surface area contributed by atoms with Gasteiger partial charge >= 0.3 is 0 Å². The smallest absolute Gasteiger partial charge is 0.108 e. The second kappa shape index (κ2) is 4.22. The molecule has 0 bridgehead atoms. The van der Waals surface area contributed by atoms with E-state index in [1.54, 1.807) is 12.3 Å². The van der Waals surface area contributed by atoms with Crippen LogP contribution in [0.5, 0.6) is 0 Å². The van der Waals surface area contributed by atoms with E-state index in [4.69, 9.17) is 0 Å². The highest BCUT2D eigenvalue weighted by Crippen LogP contribution is 2.22. The quantitative estimate of drug-likeness (QED) is 0.675. The van der Waals surface area contributed by atoms with E-state index in [1.807, 2.05) is 18.5 Å². The standard InChI is InChI=1S/C11H17N3/c1-6-11-10(13-8(2)3)7-12-14(11)9(4)5/h6-7,9H,1H2,2-5H3. The Morgan fingerprint density at radius 2 is 2.21 bits per heavy atom. The number of aromatic nitrogens is 2. The second-order valence-electron chi connectivity index (χ2n) is 3.72. The molecule has 3 nitrogen and oxygen atoms in total. The van der Waals surface area contributed by atoms with Crippen molar-refractivity contribution >= 4 is 17.5 Å². The molecule has 0 aliphatic rings. The van der Waals surface area contributed by atoms with E-state index in [-0.39, 0.29) is 0 Å². The number of hydrogen-bond acceptors (Lipinski definition) is 2. The van der Waals surface area contributed by atoms with Crippen molar-refractivity contribution in [3.8, 4) is 0 Å². The Bertz CT molecular complexity index is 355. The lowest BCUT2D eigenvalue weighted by Crippen LogP contribution is -2.04. The Labute approximate surface area is 85.2 Å². The van der Waals surface area contributed by atoms with Crippen molar-refractivity contribution < 1.29 is 0 Å². The van der Waals surface area contributed by atoms with Gasteiger partial charge in [0.15, 0.2) is 0 Å². The highest BCUT2D eigenvalue weighted by Gasteiger charge is 2.08. The van der Waals surface area contributed by atoms with Crippen LogP contribution in [0.2, 0.25) is 0 Å². The number of nitrogens with zero attached hydrogens (tertiary/aromatic N) is 3. The lowest BCUT2D eigenvalue weighted by molar-refractivity contribution is 0.528. The maximum absolute atomic E-state index is 4.40. The number of rotatable bonds is 3. The zero-order chi connectivity index (χ0) is 10.7. The molecule has 0 saturated heterocycles. The lowest BCUT2D eigenvalue weighted by atomic mass is 10.3. The molecule has 0 atom stereocenters. The summed E-state index contributed by atoms with van der Waals surface area (Å²) in [6.45, 7) is 11.9. The highest BCUT2D eigenvalue weighted by atomic mass is 15.3. The maximum atomic E-state index is 4.40. The Morgan fingerprint density at radius 3 is 2.64 bits per heavy atom. The summed E-state index contributed by atoms with van der Waals surface area (Å²) in [7, 11) is 0. The second-order valence-corrected chi connectivity index (χ2v) is 3.72.